The number of hydrogen-bond donors (Lipinski definition) is 0. The highest BCUT2D eigenvalue weighted by Crippen LogP contribution is 2.06. The molecule has 0 N–H and O–H groups in total. The van der Waals surface area contributed by atoms with E-state index in [1.807, 2.05) is 30.3 Å². The lowest BCUT2D eigenvalue weighted by atomic mass is 10.2. The third-order valence-corrected chi connectivity index (χ3v) is 2.26. The largest absolute Gasteiger partial charge is 0.451 e. The van der Waals surface area contributed by atoms with E-state index in [9.17, 15) is 4.79 Å². The first-order chi connectivity index (χ1) is 7.77. The zero-order valence-corrected chi connectivity index (χ0v) is 8.96. The van der Waals surface area contributed by atoms with Crippen LogP contribution in [-0.4, -0.2) is 22.8 Å². The molecule has 0 aliphatic rings. The van der Waals surface area contributed by atoms with Crippen molar-refractivity contribution in [3.8, 4) is 0 Å². The third-order valence-electron chi connectivity index (χ3n) is 2.26. The Hall–Kier alpha value is -2.10. The average Bonchev–Trinajstić information content (AvgIpc) is 2.83. The molecule has 1 heterocycles. The van der Waals surface area contributed by atoms with Gasteiger partial charge in [0.2, 0.25) is 0 Å². The number of aromatic nitrogens is 1. The lowest BCUT2D eigenvalue weighted by molar-refractivity contribution is 0.0779. The molecular formula is C12H12N2O2. The summed E-state index contributed by atoms with van der Waals surface area (Å²) in [7, 11) is 1.74. The highest BCUT2D eigenvalue weighted by atomic mass is 16.3. The van der Waals surface area contributed by atoms with E-state index in [0.717, 1.165) is 5.56 Å². The van der Waals surface area contributed by atoms with Crippen molar-refractivity contribution in [2.24, 2.45) is 0 Å². The van der Waals surface area contributed by atoms with Gasteiger partial charge in [0.1, 0.15) is 6.26 Å². The van der Waals surface area contributed by atoms with Crippen LogP contribution in [0.5, 0.6) is 0 Å². The fourth-order valence-corrected chi connectivity index (χ4v) is 1.44. The molecule has 1 amide bonds. The van der Waals surface area contributed by atoms with Gasteiger partial charge in [-0.05, 0) is 5.56 Å². The Kier molecular flexibility index (Phi) is 3.00. The van der Waals surface area contributed by atoms with Crippen molar-refractivity contribution in [1.29, 1.82) is 0 Å². The van der Waals surface area contributed by atoms with Gasteiger partial charge in [-0.2, -0.15) is 0 Å². The Bertz CT molecular complexity index is 451. The molecule has 4 heteroatoms. The summed E-state index contributed by atoms with van der Waals surface area (Å²) in [6.07, 6.45) is 2.60. The van der Waals surface area contributed by atoms with Crippen LogP contribution in [0.2, 0.25) is 0 Å². The quantitative estimate of drug-likeness (QED) is 0.787. The molecule has 1 aromatic heterocycles. The number of amides is 1. The Morgan fingerprint density at radius 2 is 2.12 bits per heavy atom. The average molecular weight is 216 g/mol. The van der Waals surface area contributed by atoms with Gasteiger partial charge in [-0.3, -0.25) is 4.79 Å². The molecule has 0 spiro atoms. The van der Waals surface area contributed by atoms with E-state index in [-0.39, 0.29) is 5.91 Å². The molecule has 1 aromatic carbocycles. The van der Waals surface area contributed by atoms with E-state index >= 15 is 0 Å². The molecule has 0 saturated heterocycles. The molecular weight excluding hydrogens is 204 g/mol. The van der Waals surface area contributed by atoms with Gasteiger partial charge in [0.05, 0.1) is 0 Å². The van der Waals surface area contributed by atoms with Gasteiger partial charge in [0.25, 0.3) is 5.91 Å². The normalized spacial score (nSPS) is 10.1. The van der Waals surface area contributed by atoms with Gasteiger partial charge < -0.3 is 9.32 Å². The zero-order valence-electron chi connectivity index (χ0n) is 8.96. The summed E-state index contributed by atoms with van der Waals surface area (Å²) in [6.45, 7) is 0.562. The van der Waals surface area contributed by atoms with Gasteiger partial charge in [-0.25, -0.2) is 4.98 Å². The summed E-state index contributed by atoms with van der Waals surface area (Å²) in [5, 5.41) is 0. The number of rotatable bonds is 3. The maximum atomic E-state index is 11.8. The second-order valence-corrected chi connectivity index (χ2v) is 3.52. The summed E-state index contributed by atoms with van der Waals surface area (Å²) in [4.78, 5) is 17.2. The standard InChI is InChI=1S/C12H12N2O2/c1-14(7-10-5-3-2-4-6-10)12(15)11-8-16-9-13-11/h2-6,8-9H,7H2,1H3. The van der Waals surface area contributed by atoms with Crippen molar-refractivity contribution in [3.05, 3.63) is 54.2 Å². The minimum Gasteiger partial charge on any atom is -0.451 e. The van der Waals surface area contributed by atoms with Crippen LogP contribution in [0, 0.1) is 0 Å². The summed E-state index contributed by atoms with van der Waals surface area (Å²) in [6, 6.07) is 9.80. The maximum Gasteiger partial charge on any atom is 0.275 e. The smallest absolute Gasteiger partial charge is 0.275 e. The van der Waals surface area contributed by atoms with Crippen molar-refractivity contribution >= 4 is 5.91 Å². The van der Waals surface area contributed by atoms with E-state index in [4.69, 9.17) is 4.42 Å². The molecule has 0 saturated carbocycles. The van der Waals surface area contributed by atoms with Crippen LogP contribution in [0.4, 0.5) is 0 Å². The van der Waals surface area contributed by atoms with Crippen molar-refractivity contribution in [2.75, 3.05) is 7.05 Å². The van der Waals surface area contributed by atoms with Crippen LogP contribution in [0.25, 0.3) is 0 Å². The molecule has 0 aliphatic heterocycles. The monoisotopic (exact) mass is 216 g/mol. The summed E-state index contributed by atoms with van der Waals surface area (Å²) in [5.41, 5.74) is 1.42. The second-order valence-electron chi connectivity index (χ2n) is 3.52. The van der Waals surface area contributed by atoms with Crippen LogP contribution < -0.4 is 0 Å². The predicted molar refractivity (Wildman–Crippen MR) is 58.7 cm³/mol. The summed E-state index contributed by atoms with van der Waals surface area (Å²) < 4.78 is 4.78. The summed E-state index contributed by atoms with van der Waals surface area (Å²) in [5.74, 6) is -0.141. The van der Waals surface area contributed by atoms with Crippen LogP contribution in [-0.2, 0) is 6.54 Å². The number of hydrogen-bond acceptors (Lipinski definition) is 3. The lowest BCUT2D eigenvalue weighted by Crippen LogP contribution is -2.26. The van der Waals surface area contributed by atoms with Crippen LogP contribution in [0.15, 0.2) is 47.4 Å². The van der Waals surface area contributed by atoms with Gasteiger partial charge in [-0.15, -0.1) is 0 Å². The Morgan fingerprint density at radius 3 is 2.75 bits per heavy atom. The molecule has 2 rings (SSSR count). The van der Waals surface area contributed by atoms with Gasteiger partial charge in [0.15, 0.2) is 12.1 Å². The highest BCUT2D eigenvalue weighted by molar-refractivity contribution is 5.91. The SMILES string of the molecule is CN(Cc1ccccc1)C(=O)c1cocn1. The van der Waals surface area contributed by atoms with E-state index in [1.165, 1.54) is 12.7 Å². The third kappa shape index (κ3) is 2.28. The Morgan fingerprint density at radius 1 is 1.38 bits per heavy atom. The molecule has 0 atom stereocenters. The number of benzene rings is 1. The molecule has 82 valence electrons. The van der Waals surface area contributed by atoms with Gasteiger partial charge >= 0.3 is 0 Å². The zero-order chi connectivity index (χ0) is 11.4. The molecule has 0 fully saturated rings. The first-order valence-electron chi connectivity index (χ1n) is 4.95. The number of nitrogens with zero attached hydrogens (tertiary/aromatic N) is 2. The van der Waals surface area contributed by atoms with Crippen LogP contribution in [0.3, 0.4) is 0 Å². The highest BCUT2D eigenvalue weighted by Gasteiger charge is 2.14. The fraction of sp³-hybridized carbons (Fsp3) is 0.167. The first kappa shape index (κ1) is 10.4. The molecule has 0 unspecified atom stereocenters. The van der Waals surface area contributed by atoms with Crippen molar-refractivity contribution < 1.29 is 9.21 Å². The fourth-order valence-electron chi connectivity index (χ4n) is 1.44. The molecule has 16 heavy (non-hydrogen) atoms. The van der Waals surface area contributed by atoms with E-state index in [2.05, 4.69) is 4.98 Å². The predicted octanol–water partition coefficient (Wildman–Crippen LogP) is 1.95. The molecule has 0 radical (unpaired) electrons. The Balaban J connectivity index is 2.04. The minimum atomic E-state index is -0.141. The van der Waals surface area contributed by atoms with Crippen molar-refractivity contribution in [1.82, 2.24) is 9.88 Å². The van der Waals surface area contributed by atoms with Crippen molar-refractivity contribution in [2.45, 2.75) is 6.54 Å². The van der Waals surface area contributed by atoms with E-state index in [0.29, 0.717) is 12.2 Å². The first-order valence-corrected chi connectivity index (χ1v) is 4.95. The lowest BCUT2D eigenvalue weighted by Gasteiger charge is -2.15. The van der Waals surface area contributed by atoms with E-state index in [1.54, 1.807) is 11.9 Å². The second kappa shape index (κ2) is 4.61. The molecule has 4 nitrogen and oxygen atoms in total. The molecule has 0 aliphatic carbocycles. The molecule has 0 bridgehead atoms. The van der Waals surface area contributed by atoms with Gasteiger partial charge in [0, 0.05) is 13.6 Å². The number of oxazole rings is 1. The van der Waals surface area contributed by atoms with Crippen LogP contribution >= 0.6 is 0 Å². The number of carbonyl (C=O) groups is 1. The Labute approximate surface area is 93.5 Å². The maximum absolute atomic E-state index is 11.8. The molecule has 2 aromatic rings. The minimum absolute atomic E-state index is 0.141. The van der Waals surface area contributed by atoms with Crippen molar-refractivity contribution in [3.63, 3.8) is 0 Å². The van der Waals surface area contributed by atoms with E-state index < -0.39 is 0 Å². The van der Waals surface area contributed by atoms with Gasteiger partial charge in [-0.1, -0.05) is 30.3 Å². The summed E-state index contributed by atoms with van der Waals surface area (Å²) >= 11 is 0. The number of carbonyl (C=O) groups excluding carboxylic acids is 1. The van der Waals surface area contributed by atoms with Crippen LogP contribution in [0.1, 0.15) is 16.1 Å². The topological polar surface area (TPSA) is 46.3 Å².